The number of ether oxygens (including phenoxy) is 3. The van der Waals surface area contributed by atoms with E-state index in [2.05, 4.69) is 41.4 Å². The molecule has 0 aliphatic carbocycles. The molecule has 2 saturated heterocycles. The van der Waals surface area contributed by atoms with Crippen LogP contribution in [0.1, 0.15) is 53.6 Å². The molecule has 2 bridgehead atoms. The van der Waals surface area contributed by atoms with Gasteiger partial charge in [0.15, 0.2) is 11.5 Å². The van der Waals surface area contributed by atoms with Gasteiger partial charge in [-0.2, -0.15) is 0 Å². The highest BCUT2D eigenvalue weighted by Gasteiger charge is 2.38. The molecule has 0 aromatic heterocycles. The molecule has 1 amide bonds. The lowest BCUT2D eigenvalue weighted by Crippen LogP contribution is -2.56. The van der Waals surface area contributed by atoms with Crippen LogP contribution in [0.5, 0.6) is 17.2 Å². The van der Waals surface area contributed by atoms with Crippen LogP contribution in [0.2, 0.25) is 0 Å². The molecule has 0 saturated carbocycles. The summed E-state index contributed by atoms with van der Waals surface area (Å²) in [6, 6.07) is 13.5. The summed E-state index contributed by atoms with van der Waals surface area (Å²) in [5.41, 5.74) is 3.18. The summed E-state index contributed by atoms with van der Waals surface area (Å²) in [4.78, 5) is 15.8. The molecule has 2 fully saturated rings. The number of fused-ring (bicyclic) bond motifs is 2. The maximum absolute atomic E-state index is 13.1. The Morgan fingerprint density at radius 2 is 1.56 bits per heavy atom. The Morgan fingerprint density at radius 3 is 2.09 bits per heavy atom. The number of piperidine rings is 2. The zero-order valence-corrected chi connectivity index (χ0v) is 19.5. The van der Waals surface area contributed by atoms with E-state index in [4.69, 9.17) is 14.2 Å². The number of hydrogen-bond donors (Lipinski definition) is 1. The van der Waals surface area contributed by atoms with Gasteiger partial charge in [0.25, 0.3) is 5.91 Å². The minimum absolute atomic E-state index is 0.0979. The molecular formula is C26H34N2O4. The van der Waals surface area contributed by atoms with Crippen LogP contribution in [-0.4, -0.2) is 50.3 Å². The van der Waals surface area contributed by atoms with Crippen LogP contribution in [0.4, 0.5) is 0 Å². The summed E-state index contributed by atoms with van der Waals surface area (Å²) in [7, 11) is 4.68. The van der Waals surface area contributed by atoms with Crippen LogP contribution in [0.3, 0.4) is 0 Å². The lowest BCUT2D eigenvalue weighted by atomic mass is 9.81. The number of carbonyl (C=O) groups excluding carboxylic acids is 1. The van der Waals surface area contributed by atoms with E-state index in [0.29, 0.717) is 34.9 Å². The normalized spacial score (nSPS) is 22.8. The largest absolute Gasteiger partial charge is 0.493 e. The van der Waals surface area contributed by atoms with E-state index in [0.717, 1.165) is 19.4 Å². The molecule has 0 unspecified atom stereocenters. The average molecular weight is 439 g/mol. The Hall–Kier alpha value is -2.73. The van der Waals surface area contributed by atoms with Crippen molar-refractivity contribution < 1.29 is 19.0 Å². The number of amides is 1. The van der Waals surface area contributed by atoms with Gasteiger partial charge in [0.2, 0.25) is 5.75 Å². The molecule has 2 aliphatic rings. The van der Waals surface area contributed by atoms with Crippen molar-refractivity contribution in [3.05, 3.63) is 53.1 Å². The Morgan fingerprint density at radius 1 is 0.969 bits per heavy atom. The van der Waals surface area contributed by atoms with Crippen LogP contribution in [0, 0.1) is 6.92 Å². The fourth-order valence-electron chi connectivity index (χ4n) is 5.24. The summed E-state index contributed by atoms with van der Waals surface area (Å²) in [5, 5.41) is 3.28. The van der Waals surface area contributed by atoms with E-state index < -0.39 is 0 Å². The van der Waals surface area contributed by atoms with Gasteiger partial charge in [-0.15, -0.1) is 0 Å². The van der Waals surface area contributed by atoms with Crippen molar-refractivity contribution in [3.63, 3.8) is 0 Å². The van der Waals surface area contributed by atoms with Gasteiger partial charge in [-0.1, -0.05) is 36.2 Å². The predicted molar refractivity (Wildman–Crippen MR) is 125 cm³/mol. The quantitative estimate of drug-likeness (QED) is 0.697. The number of benzene rings is 2. The Labute approximate surface area is 190 Å². The summed E-state index contributed by atoms with van der Waals surface area (Å²) in [5.74, 6) is 1.37. The first-order chi connectivity index (χ1) is 15.5. The minimum Gasteiger partial charge on any atom is -0.493 e. The molecule has 2 aromatic rings. The first-order valence-corrected chi connectivity index (χ1v) is 11.4. The summed E-state index contributed by atoms with van der Waals surface area (Å²) >= 11 is 0. The number of nitrogens with one attached hydrogen (secondary N) is 1. The van der Waals surface area contributed by atoms with E-state index in [1.165, 1.54) is 30.4 Å². The fraction of sp³-hybridized carbons (Fsp3) is 0.500. The molecule has 172 valence electrons. The van der Waals surface area contributed by atoms with E-state index in [1.807, 2.05) is 0 Å². The van der Waals surface area contributed by atoms with Crippen molar-refractivity contribution in [3.8, 4) is 17.2 Å². The molecule has 2 atom stereocenters. The van der Waals surface area contributed by atoms with Gasteiger partial charge in [-0.3, -0.25) is 9.69 Å². The summed E-state index contributed by atoms with van der Waals surface area (Å²) in [6.07, 6.45) is 5.63. The van der Waals surface area contributed by atoms with E-state index in [1.54, 1.807) is 33.5 Å². The molecule has 2 heterocycles. The van der Waals surface area contributed by atoms with Crippen LogP contribution in [0.25, 0.3) is 0 Å². The molecule has 2 aromatic carbocycles. The van der Waals surface area contributed by atoms with Crippen LogP contribution in [0.15, 0.2) is 36.4 Å². The monoisotopic (exact) mass is 438 g/mol. The van der Waals surface area contributed by atoms with Gasteiger partial charge in [0.1, 0.15) is 0 Å². The summed E-state index contributed by atoms with van der Waals surface area (Å²) < 4.78 is 16.2. The standard InChI is InChI=1S/C26H34N2O4/c1-17-8-10-18(11-9-17)16-28-21-6-5-7-22(28)15-20(14-21)27-26(29)19-12-23(30-2)25(32-4)24(13-19)31-3/h8-13,20-22H,5-7,14-16H2,1-4H3,(H,27,29)/t21-,22-/m0/s1. The highest BCUT2D eigenvalue weighted by atomic mass is 16.5. The molecule has 32 heavy (non-hydrogen) atoms. The molecule has 0 radical (unpaired) electrons. The first kappa shape index (κ1) is 22.5. The van der Waals surface area contributed by atoms with Gasteiger partial charge in [0, 0.05) is 30.2 Å². The van der Waals surface area contributed by atoms with Crippen molar-refractivity contribution in [1.29, 1.82) is 0 Å². The third-order valence-corrected chi connectivity index (χ3v) is 6.87. The van der Waals surface area contributed by atoms with Gasteiger partial charge >= 0.3 is 0 Å². The second-order valence-electron chi connectivity index (χ2n) is 8.95. The lowest BCUT2D eigenvalue weighted by Gasteiger charge is -2.49. The highest BCUT2D eigenvalue weighted by Crippen LogP contribution is 2.39. The van der Waals surface area contributed by atoms with E-state index in [9.17, 15) is 4.79 Å². The van der Waals surface area contributed by atoms with Gasteiger partial charge in [-0.25, -0.2) is 0 Å². The van der Waals surface area contributed by atoms with E-state index >= 15 is 0 Å². The zero-order valence-electron chi connectivity index (χ0n) is 19.5. The highest BCUT2D eigenvalue weighted by molar-refractivity contribution is 5.95. The Kier molecular flexibility index (Phi) is 6.89. The second-order valence-corrected chi connectivity index (χ2v) is 8.95. The van der Waals surface area contributed by atoms with Gasteiger partial charge < -0.3 is 19.5 Å². The molecule has 0 spiro atoms. The third-order valence-electron chi connectivity index (χ3n) is 6.87. The SMILES string of the molecule is COc1cc(C(=O)NC2C[C@@H]3CCC[C@@H](C2)N3Cc2ccc(C)cc2)cc(OC)c1OC. The van der Waals surface area contributed by atoms with Crippen molar-refractivity contribution >= 4 is 5.91 Å². The second kappa shape index (κ2) is 9.82. The van der Waals surface area contributed by atoms with E-state index in [-0.39, 0.29) is 11.9 Å². The molecular weight excluding hydrogens is 404 g/mol. The maximum Gasteiger partial charge on any atom is 0.251 e. The van der Waals surface area contributed by atoms with Crippen LogP contribution >= 0.6 is 0 Å². The van der Waals surface area contributed by atoms with Crippen LogP contribution in [-0.2, 0) is 6.54 Å². The first-order valence-electron chi connectivity index (χ1n) is 11.4. The molecule has 2 aliphatic heterocycles. The lowest BCUT2D eigenvalue weighted by molar-refractivity contribution is 0.0177. The minimum atomic E-state index is -0.0979. The summed E-state index contributed by atoms with van der Waals surface area (Å²) in [6.45, 7) is 3.11. The molecule has 4 rings (SSSR count). The van der Waals surface area contributed by atoms with Crippen LogP contribution < -0.4 is 19.5 Å². The number of carbonyl (C=O) groups is 1. The van der Waals surface area contributed by atoms with Crippen molar-refractivity contribution in [2.45, 2.75) is 63.7 Å². The third kappa shape index (κ3) is 4.70. The Bertz CT molecular complexity index is 904. The number of rotatable bonds is 7. The fourth-order valence-corrected chi connectivity index (χ4v) is 5.24. The number of nitrogens with zero attached hydrogens (tertiary/aromatic N) is 1. The topological polar surface area (TPSA) is 60.0 Å². The maximum atomic E-state index is 13.1. The zero-order chi connectivity index (χ0) is 22.7. The predicted octanol–water partition coefficient (Wildman–Crippen LogP) is 4.34. The Balaban J connectivity index is 1.45. The average Bonchev–Trinajstić information content (AvgIpc) is 2.79. The van der Waals surface area contributed by atoms with Gasteiger partial charge in [0.05, 0.1) is 21.3 Å². The number of methoxy groups -OCH3 is 3. The number of aryl methyl sites for hydroxylation is 1. The van der Waals surface area contributed by atoms with Crippen molar-refractivity contribution in [2.24, 2.45) is 0 Å². The van der Waals surface area contributed by atoms with Crippen molar-refractivity contribution in [1.82, 2.24) is 10.2 Å². The van der Waals surface area contributed by atoms with Crippen molar-refractivity contribution in [2.75, 3.05) is 21.3 Å². The smallest absolute Gasteiger partial charge is 0.251 e. The molecule has 6 nitrogen and oxygen atoms in total. The van der Waals surface area contributed by atoms with Gasteiger partial charge in [-0.05, 0) is 50.3 Å². The molecule has 6 heteroatoms. The number of hydrogen-bond acceptors (Lipinski definition) is 5. The molecule has 1 N–H and O–H groups in total.